The lowest BCUT2D eigenvalue weighted by Crippen LogP contribution is -2.39. The van der Waals surface area contributed by atoms with Gasteiger partial charge in [0.2, 0.25) is 0 Å². The van der Waals surface area contributed by atoms with Gasteiger partial charge in [0.1, 0.15) is 12.3 Å². The lowest BCUT2D eigenvalue weighted by Gasteiger charge is -2.20. The van der Waals surface area contributed by atoms with Gasteiger partial charge in [0.05, 0.1) is 0 Å². The summed E-state index contributed by atoms with van der Waals surface area (Å²) in [5.74, 6) is -0.0674. The minimum atomic E-state index is -1.38. The molecule has 1 rings (SSSR count). The van der Waals surface area contributed by atoms with E-state index in [1.54, 1.807) is 0 Å². The highest BCUT2D eigenvalue weighted by molar-refractivity contribution is 5.64. The van der Waals surface area contributed by atoms with Crippen LogP contribution < -0.4 is 5.73 Å². The summed E-state index contributed by atoms with van der Waals surface area (Å²) in [5.41, 5.74) is 5.73. The molecule has 1 saturated carbocycles. The van der Waals surface area contributed by atoms with E-state index in [0.717, 1.165) is 4.90 Å². The molecule has 0 bridgehead atoms. The molecule has 1 aliphatic rings. The van der Waals surface area contributed by atoms with Gasteiger partial charge in [-0.05, 0) is 25.2 Å². The van der Waals surface area contributed by atoms with Crippen LogP contribution in [0.5, 0.6) is 0 Å². The third-order valence-corrected chi connectivity index (χ3v) is 2.98. The first-order valence-corrected chi connectivity index (χ1v) is 5.38. The Labute approximate surface area is 93.4 Å². The Balaban J connectivity index is 2.30. The lowest BCUT2D eigenvalue weighted by molar-refractivity contribution is 0.151. The predicted octanol–water partition coefficient (Wildman–Crippen LogP) is 1.40. The van der Waals surface area contributed by atoms with E-state index >= 15 is 0 Å². The first kappa shape index (κ1) is 13.2. The number of likely N-dealkylation sites (N-methyl/N-ethyl adjacent to an activating group) is 1. The summed E-state index contributed by atoms with van der Waals surface area (Å²) in [6, 6.07) is -0.358. The maximum atomic E-state index is 12.9. The van der Waals surface area contributed by atoms with Crippen LogP contribution in [0.25, 0.3) is 0 Å². The van der Waals surface area contributed by atoms with Crippen molar-refractivity contribution in [3.8, 4) is 0 Å². The van der Waals surface area contributed by atoms with Crippen molar-refractivity contribution in [1.82, 2.24) is 4.90 Å². The lowest BCUT2D eigenvalue weighted by atomic mass is 9.98. The van der Waals surface area contributed by atoms with E-state index in [4.69, 9.17) is 10.8 Å². The van der Waals surface area contributed by atoms with Crippen LogP contribution in [0.1, 0.15) is 19.3 Å². The van der Waals surface area contributed by atoms with Crippen LogP contribution in [-0.4, -0.2) is 48.1 Å². The number of nitrogens with two attached hydrogens (primary N) is 1. The van der Waals surface area contributed by atoms with Crippen molar-refractivity contribution in [2.24, 2.45) is 11.7 Å². The van der Waals surface area contributed by atoms with Crippen molar-refractivity contribution in [3.05, 3.63) is 0 Å². The van der Waals surface area contributed by atoms with Gasteiger partial charge in [-0.25, -0.2) is 13.6 Å². The Kier molecular flexibility index (Phi) is 4.46. The van der Waals surface area contributed by atoms with E-state index in [2.05, 4.69) is 0 Å². The molecule has 0 aromatic rings. The van der Waals surface area contributed by atoms with E-state index in [1.165, 1.54) is 7.05 Å². The molecular formula is C10H18F2N2O2. The molecule has 1 amide bonds. The van der Waals surface area contributed by atoms with Crippen molar-refractivity contribution in [3.63, 3.8) is 0 Å². The standard InChI is InChI=1S/C10H18F2N2O2/c1-14(10(15)16)5-7(13)2-6-3-8(11)9(12)4-6/h6-9H,2-5,13H2,1H3,(H,15,16)/t6-,7-,8+,9-/m0/s1. The summed E-state index contributed by atoms with van der Waals surface area (Å²) in [6.45, 7) is 0.194. The third kappa shape index (κ3) is 3.59. The van der Waals surface area contributed by atoms with Crippen LogP contribution in [0.3, 0.4) is 0 Å². The minimum Gasteiger partial charge on any atom is -0.465 e. The van der Waals surface area contributed by atoms with Gasteiger partial charge >= 0.3 is 6.09 Å². The monoisotopic (exact) mass is 236 g/mol. The van der Waals surface area contributed by atoms with Gasteiger partial charge < -0.3 is 15.7 Å². The van der Waals surface area contributed by atoms with Crippen molar-refractivity contribution < 1.29 is 18.7 Å². The molecule has 0 aromatic carbocycles. The molecule has 6 heteroatoms. The second-order valence-corrected chi connectivity index (χ2v) is 4.53. The number of carboxylic acid groups (broad SMARTS) is 1. The molecule has 0 radical (unpaired) electrons. The molecule has 3 N–H and O–H groups in total. The van der Waals surface area contributed by atoms with Gasteiger partial charge in [0.25, 0.3) is 0 Å². The van der Waals surface area contributed by atoms with Crippen molar-refractivity contribution in [1.29, 1.82) is 0 Å². The normalized spacial score (nSPS) is 31.4. The van der Waals surface area contributed by atoms with E-state index in [0.29, 0.717) is 6.42 Å². The van der Waals surface area contributed by atoms with Crippen LogP contribution in [0.15, 0.2) is 0 Å². The molecule has 16 heavy (non-hydrogen) atoms. The van der Waals surface area contributed by atoms with Crippen molar-refractivity contribution in [2.75, 3.05) is 13.6 Å². The topological polar surface area (TPSA) is 66.6 Å². The zero-order valence-corrected chi connectivity index (χ0v) is 9.27. The summed E-state index contributed by atoms with van der Waals surface area (Å²) in [7, 11) is 1.42. The quantitative estimate of drug-likeness (QED) is 0.775. The summed E-state index contributed by atoms with van der Waals surface area (Å²) in [5, 5.41) is 8.63. The van der Waals surface area contributed by atoms with Gasteiger partial charge in [-0.3, -0.25) is 0 Å². The van der Waals surface area contributed by atoms with E-state index < -0.39 is 18.4 Å². The molecule has 0 aromatic heterocycles. The Morgan fingerprint density at radius 2 is 2.00 bits per heavy atom. The summed E-state index contributed by atoms with van der Waals surface area (Å²) >= 11 is 0. The average molecular weight is 236 g/mol. The number of amides is 1. The predicted molar refractivity (Wildman–Crippen MR) is 55.8 cm³/mol. The highest BCUT2D eigenvalue weighted by Crippen LogP contribution is 2.33. The van der Waals surface area contributed by atoms with Gasteiger partial charge in [-0.1, -0.05) is 0 Å². The number of hydrogen-bond acceptors (Lipinski definition) is 2. The maximum Gasteiger partial charge on any atom is 0.407 e. The zero-order chi connectivity index (χ0) is 12.3. The Morgan fingerprint density at radius 1 is 1.50 bits per heavy atom. The second kappa shape index (κ2) is 5.43. The molecule has 4 atom stereocenters. The fraction of sp³-hybridized carbons (Fsp3) is 0.900. The smallest absolute Gasteiger partial charge is 0.407 e. The average Bonchev–Trinajstić information content (AvgIpc) is 2.45. The van der Waals surface area contributed by atoms with Crippen LogP contribution >= 0.6 is 0 Å². The molecule has 1 fully saturated rings. The van der Waals surface area contributed by atoms with Gasteiger partial charge in [-0.2, -0.15) is 0 Å². The van der Waals surface area contributed by atoms with Gasteiger partial charge in [0, 0.05) is 19.6 Å². The van der Waals surface area contributed by atoms with Gasteiger partial charge in [0.15, 0.2) is 0 Å². The molecule has 0 spiro atoms. The van der Waals surface area contributed by atoms with E-state index in [9.17, 15) is 13.6 Å². The van der Waals surface area contributed by atoms with E-state index in [1.807, 2.05) is 0 Å². The number of alkyl halides is 2. The molecule has 0 saturated heterocycles. The second-order valence-electron chi connectivity index (χ2n) is 4.53. The molecule has 1 aliphatic carbocycles. The fourth-order valence-corrected chi connectivity index (χ4v) is 2.15. The fourth-order valence-electron chi connectivity index (χ4n) is 2.15. The molecule has 0 unspecified atom stereocenters. The largest absolute Gasteiger partial charge is 0.465 e. The van der Waals surface area contributed by atoms with Crippen LogP contribution in [0.4, 0.5) is 13.6 Å². The Hall–Kier alpha value is -0.910. The summed E-state index contributed by atoms with van der Waals surface area (Å²) in [4.78, 5) is 11.6. The summed E-state index contributed by atoms with van der Waals surface area (Å²) < 4.78 is 25.8. The SMILES string of the molecule is CN(C[C@@H](N)C[C@H]1C[C@@H](F)[C@@H](F)C1)C(=O)O. The first-order chi connectivity index (χ1) is 7.40. The number of hydrogen-bond donors (Lipinski definition) is 2. The highest BCUT2D eigenvalue weighted by atomic mass is 19.2. The summed E-state index contributed by atoms with van der Waals surface area (Å²) in [6.07, 6.45) is -2.94. The molecule has 94 valence electrons. The van der Waals surface area contributed by atoms with Crippen LogP contribution in [-0.2, 0) is 0 Å². The van der Waals surface area contributed by atoms with Crippen molar-refractivity contribution in [2.45, 2.75) is 37.6 Å². The molecular weight excluding hydrogens is 218 g/mol. The van der Waals surface area contributed by atoms with Crippen molar-refractivity contribution >= 4 is 6.09 Å². The molecule has 0 aliphatic heterocycles. The number of rotatable bonds is 4. The highest BCUT2D eigenvalue weighted by Gasteiger charge is 2.35. The van der Waals surface area contributed by atoms with Crippen LogP contribution in [0, 0.1) is 5.92 Å². The number of carbonyl (C=O) groups is 1. The zero-order valence-electron chi connectivity index (χ0n) is 9.27. The molecule has 4 nitrogen and oxygen atoms in total. The Morgan fingerprint density at radius 3 is 2.44 bits per heavy atom. The third-order valence-electron chi connectivity index (χ3n) is 2.98. The first-order valence-electron chi connectivity index (χ1n) is 5.38. The van der Waals surface area contributed by atoms with E-state index in [-0.39, 0.29) is 31.3 Å². The van der Waals surface area contributed by atoms with Crippen LogP contribution in [0.2, 0.25) is 0 Å². The van der Waals surface area contributed by atoms with Gasteiger partial charge in [-0.15, -0.1) is 0 Å². The maximum absolute atomic E-state index is 12.9. The minimum absolute atomic E-state index is 0.0674. The Bertz CT molecular complexity index is 243. The number of halogens is 2. The molecule has 0 heterocycles. The number of nitrogens with zero attached hydrogens (tertiary/aromatic N) is 1.